The van der Waals surface area contributed by atoms with Crippen LogP contribution in [0.15, 0.2) is 24.4 Å². The van der Waals surface area contributed by atoms with E-state index in [2.05, 4.69) is 9.88 Å². The first kappa shape index (κ1) is 13.1. The standard InChI is InChI=1S/C14H17N3O3/c18-14(19)12-3-1-2-11-10-15-13(17(11)12)4-5-16-6-8-20-9-7-16/h1-3,10H,4-9H2,(H,18,19). The smallest absolute Gasteiger partial charge is 0.352 e. The molecule has 0 saturated carbocycles. The fraction of sp³-hybridized carbons (Fsp3) is 0.429. The van der Waals surface area contributed by atoms with Crippen molar-refractivity contribution in [2.45, 2.75) is 6.42 Å². The van der Waals surface area contributed by atoms with Gasteiger partial charge in [0.2, 0.25) is 0 Å². The second-order valence-electron chi connectivity index (χ2n) is 4.85. The predicted octanol–water partition coefficient (Wildman–Crippen LogP) is 0.907. The number of aromatic nitrogens is 2. The summed E-state index contributed by atoms with van der Waals surface area (Å²) in [7, 11) is 0. The average molecular weight is 275 g/mol. The highest BCUT2D eigenvalue weighted by Gasteiger charge is 2.15. The van der Waals surface area contributed by atoms with Crippen LogP contribution in [-0.2, 0) is 11.2 Å². The molecule has 6 nitrogen and oxygen atoms in total. The Bertz CT molecular complexity index is 617. The molecule has 2 aromatic rings. The number of hydrogen-bond donors (Lipinski definition) is 1. The van der Waals surface area contributed by atoms with Crippen molar-refractivity contribution in [3.8, 4) is 0 Å². The number of imidazole rings is 1. The zero-order valence-corrected chi connectivity index (χ0v) is 11.2. The summed E-state index contributed by atoms with van der Waals surface area (Å²) in [6.45, 7) is 4.26. The van der Waals surface area contributed by atoms with Gasteiger partial charge in [0, 0.05) is 26.1 Å². The molecule has 1 N–H and O–H groups in total. The molecule has 106 valence electrons. The third kappa shape index (κ3) is 2.52. The monoisotopic (exact) mass is 275 g/mol. The van der Waals surface area contributed by atoms with Gasteiger partial charge in [-0.15, -0.1) is 0 Å². The maximum Gasteiger partial charge on any atom is 0.352 e. The van der Waals surface area contributed by atoms with Gasteiger partial charge in [0.25, 0.3) is 0 Å². The Morgan fingerprint density at radius 2 is 2.15 bits per heavy atom. The van der Waals surface area contributed by atoms with Gasteiger partial charge >= 0.3 is 5.97 Å². The van der Waals surface area contributed by atoms with Crippen LogP contribution in [0.3, 0.4) is 0 Å². The Hall–Kier alpha value is -1.92. The fourth-order valence-corrected chi connectivity index (χ4v) is 2.54. The van der Waals surface area contributed by atoms with Gasteiger partial charge in [0.1, 0.15) is 11.5 Å². The number of rotatable bonds is 4. The summed E-state index contributed by atoms with van der Waals surface area (Å²) in [5.74, 6) is -0.134. The van der Waals surface area contributed by atoms with Crippen molar-refractivity contribution in [3.63, 3.8) is 0 Å². The molecular weight excluding hydrogens is 258 g/mol. The average Bonchev–Trinajstić information content (AvgIpc) is 2.89. The van der Waals surface area contributed by atoms with Crippen LogP contribution in [-0.4, -0.2) is 58.2 Å². The lowest BCUT2D eigenvalue weighted by Crippen LogP contribution is -2.37. The summed E-state index contributed by atoms with van der Waals surface area (Å²) in [6.07, 6.45) is 2.46. The van der Waals surface area contributed by atoms with E-state index in [1.165, 1.54) is 0 Å². The number of carboxylic acids is 1. The van der Waals surface area contributed by atoms with E-state index in [9.17, 15) is 9.90 Å². The molecule has 6 heteroatoms. The number of hydrogen-bond acceptors (Lipinski definition) is 4. The molecule has 1 aliphatic heterocycles. The Morgan fingerprint density at radius 1 is 1.35 bits per heavy atom. The molecule has 1 saturated heterocycles. The SMILES string of the molecule is O=C(O)c1cccc2cnc(CCN3CCOCC3)n12. The van der Waals surface area contributed by atoms with Crippen LogP contribution in [0.2, 0.25) is 0 Å². The molecule has 0 amide bonds. The van der Waals surface area contributed by atoms with Crippen LogP contribution in [0, 0.1) is 0 Å². The number of fused-ring (bicyclic) bond motifs is 1. The Balaban J connectivity index is 1.82. The van der Waals surface area contributed by atoms with Gasteiger partial charge < -0.3 is 9.84 Å². The lowest BCUT2D eigenvalue weighted by atomic mass is 10.3. The normalized spacial score (nSPS) is 16.6. The number of carboxylic acid groups (broad SMARTS) is 1. The molecule has 0 atom stereocenters. The van der Waals surface area contributed by atoms with Gasteiger partial charge in [-0.25, -0.2) is 9.78 Å². The number of nitrogens with zero attached hydrogens (tertiary/aromatic N) is 3. The van der Waals surface area contributed by atoms with E-state index in [4.69, 9.17) is 4.74 Å². The van der Waals surface area contributed by atoms with Crippen molar-refractivity contribution in [1.82, 2.24) is 14.3 Å². The fourth-order valence-electron chi connectivity index (χ4n) is 2.54. The summed E-state index contributed by atoms with van der Waals surface area (Å²) < 4.78 is 7.04. The highest BCUT2D eigenvalue weighted by Crippen LogP contribution is 2.12. The maximum absolute atomic E-state index is 11.3. The van der Waals surface area contributed by atoms with Gasteiger partial charge in [-0.2, -0.15) is 0 Å². The number of pyridine rings is 1. The summed E-state index contributed by atoms with van der Waals surface area (Å²) >= 11 is 0. The molecule has 1 aliphatic rings. The topological polar surface area (TPSA) is 67.1 Å². The van der Waals surface area contributed by atoms with Crippen LogP contribution in [0.5, 0.6) is 0 Å². The molecule has 2 aromatic heterocycles. The minimum atomic E-state index is -0.929. The molecule has 0 aromatic carbocycles. The number of carbonyl (C=O) groups is 1. The largest absolute Gasteiger partial charge is 0.477 e. The minimum absolute atomic E-state index is 0.261. The Kier molecular flexibility index (Phi) is 3.66. The molecule has 0 aliphatic carbocycles. The van der Waals surface area contributed by atoms with Crippen molar-refractivity contribution in [1.29, 1.82) is 0 Å². The van der Waals surface area contributed by atoms with Crippen molar-refractivity contribution in [2.24, 2.45) is 0 Å². The van der Waals surface area contributed by atoms with E-state index < -0.39 is 5.97 Å². The van der Waals surface area contributed by atoms with Crippen molar-refractivity contribution in [2.75, 3.05) is 32.8 Å². The van der Waals surface area contributed by atoms with E-state index in [0.717, 1.165) is 50.6 Å². The predicted molar refractivity (Wildman–Crippen MR) is 73.1 cm³/mol. The second-order valence-corrected chi connectivity index (χ2v) is 4.85. The van der Waals surface area contributed by atoms with E-state index >= 15 is 0 Å². The number of aromatic carboxylic acids is 1. The summed E-state index contributed by atoms with van der Waals surface area (Å²) in [5, 5.41) is 9.27. The molecule has 3 rings (SSSR count). The first-order chi connectivity index (χ1) is 9.75. The third-order valence-corrected chi connectivity index (χ3v) is 3.60. The zero-order valence-electron chi connectivity index (χ0n) is 11.2. The summed E-state index contributed by atoms with van der Waals surface area (Å²) in [6, 6.07) is 5.22. The summed E-state index contributed by atoms with van der Waals surface area (Å²) in [5.41, 5.74) is 1.08. The van der Waals surface area contributed by atoms with Gasteiger partial charge in [-0.05, 0) is 12.1 Å². The number of morpholine rings is 1. The van der Waals surface area contributed by atoms with E-state index in [-0.39, 0.29) is 5.69 Å². The van der Waals surface area contributed by atoms with Crippen LogP contribution in [0.25, 0.3) is 5.52 Å². The lowest BCUT2D eigenvalue weighted by Gasteiger charge is -2.26. The van der Waals surface area contributed by atoms with E-state index in [1.807, 2.05) is 6.07 Å². The number of ether oxygens (including phenoxy) is 1. The highest BCUT2D eigenvalue weighted by atomic mass is 16.5. The van der Waals surface area contributed by atoms with Gasteiger partial charge in [0.05, 0.1) is 24.9 Å². The molecule has 20 heavy (non-hydrogen) atoms. The van der Waals surface area contributed by atoms with Gasteiger partial charge in [0.15, 0.2) is 0 Å². The van der Waals surface area contributed by atoms with Crippen molar-refractivity contribution >= 4 is 11.5 Å². The first-order valence-electron chi connectivity index (χ1n) is 6.74. The third-order valence-electron chi connectivity index (χ3n) is 3.60. The van der Waals surface area contributed by atoms with Gasteiger partial charge in [-0.1, -0.05) is 6.07 Å². The van der Waals surface area contributed by atoms with E-state index in [1.54, 1.807) is 22.7 Å². The second kappa shape index (κ2) is 5.60. The van der Waals surface area contributed by atoms with Crippen molar-refractivity contribution < 1.29 is 14.6 Å². The molecule has 0 bridgehead atoms. The molecule has 1 fully saturated rings. The molecule has 3 heterocycles. The first-order valence-corrected chi connectivity index (χ1v) is 6.74. The Morgan fingerprint density at radius 3 is 2.90 bits per heavy atom. The lowest BCUT2D eigenvalue weighted by molar-refractivity contribution is 0.0382. The summed E-state index contributed by atoms with van der Waals surface area (Å²) in [4.78, 5) is 18.0. The molecule has 0 unspecified atom stereocenters. The molecule has 0 spiro atoms. The van der Waals surface area contributed by atoms with Gasteiger partial charge in [-0.3, -0.25) is 9.30 Å². The Labute approximate surface area is 116 Å². The van der Waals surface area contributed by atoms with Crippen LogP contribution in [0.1, 0.15) is 16.3 Å². The van der Waals surface area contributed by atoms with Crippen LogP contribution >= 0.6 is 0 Å². The van der Waals surface area contributed by atoms with Crippen LogP contribution < -0.4 is 0 Å². The van der Waals surface area contributed by atoms with Crippen molar-refractivity contribution in [3.05, 3.63) is 35.9 Å². The minimum Gasteiger partial charge on any atom is -0.477 e. The molecular formula is C14H17N3O3. The molecule has 0 radical (unpaired) electrons. The van der Waals surface area contributed by atoms with Crippen LogP contribution in [0.4, 0.5) is 0 Å². The highest BCUT2D eigenvalue weighted by molar-refractivity contribution is 5.86. The zero-order chi connectivity index (χ0) is 13.9. The van der Waals surface area contributed by atoms with E-state index in [0.29, 0.717) is 0 Å². The maximum atomic E-state index is 11.3. The quantitative estimate of drug-likeness (QED) is 0.898.